The summed E-state index contributed by atoms with van der Waals surface area (Å²) < 4.78 is 28.2. The summed E-state index contributed by atoms with van der Waals surface area (Å²) in [4.78, 5) is 4.02. The second-order valence-electron chi connectivity index (χ2n) is 3.41. The van der Waals surface area contributed by atoms with Crippen LogP contribution >= 0.6 is 11.6 Å². The minimum Gasteiger partial charge on any atom is -0.322 e. The van der Waals surface area contributed by atoms with Crippen molar-refractivity contribution in [1.29, 1.82) is 0 Å². The molecule has 0 aliphatic carbocycles. The second kappa shape index (κ2) is 4.71. The first-order chi connectivity index (χ1) is 8.11. The predicted octanol–water partition coefficient (Wildman–Crippen LogP) is 3.58. The molecule has 0 bridgehead atoms. The Balaban J connectivity index is 2.36. The molecule has 1 heterocycles. The van der Waals surface area contributed by atoms with Gasteiger partial charge in [-0.1, -0.05) is 11.6 Å². The predicted molar refractivity (Wildman–Crippen MR) is 62.6 cm³/mol. The minimum absolute atomic E-state index is 0.0202. The molecule has 0 atom stereocenters. The van der Waals surface area contributed by atoms with Crippen LogP contribution in [-0.2, 0) is 6.54 Å². The number of imidazole rings is 1. The van der Waals surface area contributed by atoms with Crippen LogP contribution in [0.2, 0.25) is 5.02 Å². The number of anilines is 2. The molecule has 17 heavy (non-hydrogen) atoms. The molecule has 0 aliphatic rings. The van der Waals surface area contributed by atoms with Crippen LogP contribution in [0.3, 0.4) is 0 Å². The van der Waals surface area contributed by atoms with Gasteiger partial charge in [0.2, 0.25) is 5.95 Å². The van der Waals surface area contributed by atoms with E-state index in [0.717, 1.165) is 12.1 Å². The van der Waals surface area contributed by atoms with E-state index in [1.54, 1.807) is 17.0 Å². The molecular weight excluding hydrogens is 248 g/mol. The number of hydrogen-bond donors (Lipinski definition) is 1. The zero-order valence-corrected chi connectivity index (χ0v) is 9.80. The Morgan fingerprint density at radius 3 is 2.82 bits per heavy atom. The third kappa shape index (κ3) is 2.39. The molecule has 0 radical (unpaired) electrons. The number of nitrogens with one attached hydrogen (secondary N) is 1. The molecule has 2 aromatic rings. The van der Waals surface area contributed by atoms with Gasteiger partial charge in [-0.3, -0.25) is 0 Å². The van der Waals surface area contributed by atoms with Gasteiger partial charge in [-0.2, -0.15) is 0 Å². The maximum Gasteiger partial charge on any atom is 0.207 e. The Kier molecular flexibility index (Phi) is 3.28. The molecule has 1 aromatic heterocycles. The molecule has 2 rings (SSSR count). The minimum atomic E-state index is -0.749. The first-order valence-electron chi connectivity index (χ1n) is 5.04. The SMILES string of the molecule is CCn1ccnc1Nc1c(F)cc(F)cc1Cl. The van der Waals surface area contributed by atoms with Gasteiger partial charge in [0.05, 0.1) is 10.7 Å². The fraction of sp³-hybridized carbons (Fsp3) is 0.182. The van der Waals surface area contributed by atoms with Gasteiger partial charge >= 0.3 is 0 Å². The normalized spacial score (nSPS) is 10.6. The molecule has 0 unspecified atom stereocenters. The van der Waals surface area contributed by atoms with E-state index < -0.39 is 11.6 Å². The summed E-state index contributed by atoms with van der Waals surface area (Å²) in [6.07, 6.45) is 3.33. The Morgan fingerprint density at radius 1 is 1.41 bits per heavy atom. The van der Waals surface area contributed by atoms with E-state index in [-0.39, 0.29) is 10.7 Å². The van der Waals surface area contributed by atoms with Crippen LogP contribution in [0.15, 0.2) is 24.5 Å². The van der Waals surface area contributed by atoms with E-state index in [4.69, 9.17) is 11.6 Å². The second-order valence-corrected chi connectivity index (χ2v) is 3.81. The van der Waals surface area contributed by atoms with Crippen molar-refractivity contribution in [3.05, 3.63) is 41.2 Å². The van der Waals surface area contributed by atoms with E-state index in [1.165, 1.54) is 0 Å². The van der Waals surface area contributed by atoms with E-state index in [2.05, 4.69) is 10.3 Å². The van der Waals surface area contributed by atoms with E-state index in [0.29, 0.717) is 12.5 Å². The van der Waals surface area contributed by atoms with Crippen molar-refractivity contribution < 1.29 is 8.78 Å². The van der Waals surface area contributed by atoms with Gasteiger partial charge in [0.15, 0.2) is 5.82 Å². The topological polar surface area (TPSA) is 29.9 Å². The van der Waals surface area contributed by atoms with Crippen LogP contribution in [0.4, 0.5) is 20.4 Å². The highest BCUT2D eigenvalue weighted by Crippen LogP contribution is 2.28. The number of rotatable bonds is 3. The Hall–Kier alpha value is -1.62. The molecule has 1 N–H and O–H groups in total. The lowest BCUT2D eigenvalue weighted by molar-refractivity contribution is 0.585. The van der Waals surface area contributed by atoms with Gasteiger partial charge in [0.1, 0.15) is 5.82 Å². The van der Waals surface area contributed by atoms with Crippen LogP contribution in [0.5, 0.6) is 0 Å². The molecule has 3 nitrogen and oxygen atoms in total. The van der Waals surface area contributed by atoms with Gasteiger partial charge < -0.3 is 9.88 Å². The summed E-state index contributed by atoms with van der Waals surface area (Å²) in [6.45, 7) is 2.61. The third-order valence-electron chi connectivity index (χ3n) is 2.30. The highest BCUT2D eigenvalue weighted by atomic mass is 35.5. The van der Waals surface area contributed by atoms with Crippen LogP contribution in [-0.4, -0.2) is 9.55 Å². The highest BCUT2D eigenvalue weighted by Gasteiger charge is 2.12. The molecule has 0 aliphatic heterocycles. The third-order valence-corrected chi connectivity index (χ3v) is 2.60. The van der Waals surface area contributed by atoms with Crippen molar-refractivity contribution in [2.45, 2.75) is 13.5 Å². The van der Waals surface area contributed by atoms with Crippen LogP contribution in [0, 0.1) is 11.6 Å². The summed E-state index contributed by atoms with van der Waals surface area (Å²) in [5, 5.41) is 2.73. The van der Waals surface area contributed by atoms with Crippen molar-refractivity contribution in [3.63, 3.8) is 0 Å². The van der Waals surface area contributed by atoms with E-state index in [1.807, 2.05) is 6.92 Å². The lowest BCUT2D eigenvalue weighted by atomic mass is 10.3. The van der Waals surface area contributed by atoms with Crippen molar-refractivity contribution in [1.82, 2.24) is 9.55 Å². The molecule has 90 valence electrons. The molecular formula is C11H10ClF2N3. The molecule has 0 saturated carbocycles. The first kappa shape index (κ1) is 11.9. The summed E-state index contributed by atoms with van der Waals surface area (Å²) in [5.41, 5.74) is 0.0222. The maximum absolute atomic E-state index is 13.5. The summed E-state index contributed by atoms with van der Waals surface area (Å²) in [7, 11) is 0. The maximum atomic E-state index is 13.5. The standard InChI is InChI=1S/C11H10ClF2N3/c1-2-17-4-3-15-11(17)16-10-8(12)5-7(13)6-9(10)14/h3-6H,2H2,1H3,(H,15,16). The summed E-state index contributed by atoms with van der Waals surface area (Å²) in [6, 6.07) is 1.82. The van der Waals surface area contributed by atoms with E-state index >= 15 is 0 Å². The summed E-state index contributed by atoms with van der Waals surface area (Å²) in [5.74, 6) is -1.00. The molecule has 0 fully saturated rings. The first-order valence-corrected chi connectivity index (χ1v) is 5.42. The smallest absolute Gasteiger partial charge is 0.207 e. The number of benzene rings is 1. The molecule has 1 aromatic carbocycles. The van der Waals surface area contributed by atoms with Crippen molar-refractivity contribution in [2.24, 2.45) is 0 Å². The zero-order chi connectivity index (χ0) is 12.4. The quantitative estimate of drug-likeness (QED) is 0.911. The number of aromatic nitrogens is 2. The molecule has 0 amide bonds. The molecule has 0 spiro atoms. The fourth-order valence-corrected chi connectivity index (χ4v) is 1.70. The van der Waals surface area contributed by atoms with E-state index in [9.17, 15) is 8.78 Å². The van der Waals surface area contributed by atoms with Gasteiger partial charge in [-0.25, -0.2) is 13.8 Å². The number of halogens is 3. The zero-order valence-electron chi connectivity index (χ0n) is 9.04. The van der Waals surface area contributed by atoms with Gasteiger partial charge in [-0.05, 0) is 13.0 Å². The molecule has 0 saturated heterocycles. The monoisotopic (exact) mass is 257 g/mol. The summed E-state index contributed by atoms with van der Waals surface area (Å²) >= 11 is 5.77. The van der Waals surface area contributed by atoms with Gasteiger partial charge in [0, 0.05) is 25.0 Å². The average Bonchev–Trinajstić information content (AvgIpc) is 2.70. The lowest BCUT2D eigenvalue weighted by Crippen LogP contribution is -2.03. The average molecular weight is 258 g/mol. The fourth-order valence-electron chi connectivity index (χ4n) is 1.46. The van der Waals surface area contributed by atoms with Crippen molar-refractivity contribution >= 4 is 23.2 Å². The van der Waals surface area contributed by atoms with Crippen molar-refractivity contribution in [2.75, 3.05) is 5.32 Å². The van der Waals surface area contributed by atoms with Crippen LogP contribution in [0.25, 0.3) is 0 Å². The van der Waals surface area contributed by atoms with Gasteiger partial charge in [-0.15, -0.1) is 0 Å². The molecule has 6 heteroatoms. The van der Waals surface area contributed by atoms with Crippen LogP contribution in [0.1, 0.15) is 6.92 Å². The van der Waals surface area contributed by atoms with Crippen molar-refractivity contribution in [3.8, 4) is 0 Å². The van der Waals surface area contributed by atoms with Crippen LogP contribution < -0.4 is 5.32 Å². The number of aryl methyl sites for hydroxylation is 1. The lowest BCUT2D eigenvalue weighted by Gasteiger charge is -2.10. The Bertz CT molecular complexity index is 516. The number of hydrogen-bond acceptors (Lipinski definition) is 2. The number of nitrogens with zero attached hydrogens (tertiary/aromatic N) is 2. The largest absolute Gasteiger partial charge is 0.322 e. The Labute approximate surface area is 102 Å². The van der Waals surface area contributed by atoms with Gasteiger partial charge in [0.25, 0.3) is 0 Å². The highest BCUT2D eigenvalue weighted by molar-refractivity contribution is 6.33. The Morgan fingerprint density at radius 2 is 2.18 bits per heavy atom.